The molecule has 0 aliphatic carbocycles. The minimum absolute atomic E-state index is 0.0980. The van der Waals surface area contributed by atoms with Crippen LogP contribution in [0.15, 0.2) is 18.2 Å². The molecule has 0 saturated heterocycles. The van der Waals surface area contributed by atoms with E-state index in [0.717, 1.165) is 18.2 Å². The summed E-state index contributed by atoms with van der Waals surface area (Å²) in [6.45, 7) is -0.387. The summed E-state index contributed by atoms with van der Waals surface area (Å²) in [5.41, 5.74) is -0.887. The zero-order valence-corrected chi connectivity index (χ0v) is 10.9. The van der Waals surface area contributed by atoms with E-state index in [1.165, 1.54) is 6.92 Å². The van der Waals surface area contributed by atoms with Gasteiger partial charge in [0.05, 0.1) is 0 Å². The molecule has 116 valence electrons. The molecule has 1 N–H and O–H groups in total. The Bertz CT molecular complexity index is 531. The maximum absolute atomic E-state index is 13.8. The summed E-state index contributed by atoms with van der Waals surface area (Å²) < 4.78 is 64.7. The number of halogens is 5. The molecule has 0 heterocycles. The summed E-state index contributed by atoms with van der Waals surface area (Å²) in [6, 6.07) is 1.55. The van der Waals surface area contributed by atoms with Gasteiger partial charge in [0.2, 0.25) is 0 Å². The minimum Gasteiger partial charge on any atom is -0.478 e. The van der Waals surface area contributed by atoms with Crippen LogP contribution in [0.1, 0.15) is 12.5 Å². The Morgan fingerprint density at radius 3 is 2.19 bits per heavy atom. The van der Waals surface area contributed by atoms with E-state index in [9.17, 15) is 26.7 Å². The van der Waals surface area contributed by atoms with E-state index in [2.05, 4.69) is 0 Å². The molecule has 0 atom stereocenters. The van der Waals surface area contributed by atoms with E-state index < -0.39 is 36.0 Å². The average Bonchev–Trinajstić information content (AvgIpc) is 2.32. The Kier molecular flexibility index (Phi) is 5.28. The Balaban J connectivity index is 3.16. The molecule has 8 heteroatoms. The first-order valence-electron chi connectivity index (χ1n) is 5.85. The fourth-order valence-corrected chi connectivity index (χ4v) is 1.72. The van der Waals surface area contributed by atoms with Crippen molar-refractivity contribution in [3.8, 4) is 0 Å². The second kappa shape index (κ2) is 6.55. The first-order valence-corrected chi connectivity index (χ1v) is 5.85. The van der Waals surface area contributed by atoms with Crippen LogP contribution in [0.25, 0.3) is 6.08 Å². The van der Waals surface area contributed by atoms with Crippen molar-refractivity contribution in [2.45, 2.75) is 13.1 Å². The van der Waals surface area contributed by atoms with Gasteiger partial charge in [-0.1, -0.05) is 0 Å². The van der Waals surface area contributed by atoms with Crippen LogP contribution in [0.2, 0.25) is 0 Å². The van der Waals surface area contributed by atoms with Gasteiger partial charge in [-0.15, -0.1) is 0 Å². The quantitative estimate of drug-likeness (QED) is 0.669. The normalized spacial score (nSPS) is 11.9. The third kappa shape index (κ3) is 5.05. The van der Waals surface area contributed by atoms with Crippen molar-refractivity contribution in [2.24, 2.45) is 0 Å². The average molecular weight is 309 g/mol. The van der Waals surface area contributed by atoms with Crippen LogP contribution >= 0.6 is 0 Å². The molecule has 0 spiro atoms. The van der Waals surface area contributed by atoms with Crippen molar-refractivity contribution in [3.63, 3.8) is 0 Å². The molecule has 21 heavy (non-hydrogen) atoms. The topological polar surface area (TPSA) is 40.5 Å². The lowest BCUT2D eigenvalue weighted by molar-refractivity contribution is -0.131. The van der Waals surface area contributed by atoms with Crippen LogP contribution < -0.4 is 4.90 Å². The number of anilines is 1. The highest BCUT2D eigenvalue weighted by Crippen LogP contribution is 2.28. The molecule has 1 rings (SSSR count). The molecule has 0 radical (unpaired) electrons. The standard InChI is InChI=1S/C13H12F5NO2/c1-2-19(7-13(16,17)18)12-9(14)5-8(6-10(12)15)3-4-11(20)21/h3-6H,2,7H2,1H3,(H,20,21). The lowest BCUT2D eigenvalue weighted by Crippen LogP contribution is -2.35. The second-order valence-corrected chi connectivity index (χ2v) is 4.13. The molecule has 0 bridgehead atoms. The van der Waals surface area contributed by atoms with Gasteiger partial charge in [-0.05, 0) is 30.7 Å². The number of aliphatic carboxylic acids is 1. The Morgan fingerprint density at radius 2 is 1.81 bits per heavy atom. The lowest BCUT2D eigenvalue weighted by Gasteiger charge is -2.25. The van der Waals surface area contributed by atoms with Crippen molar-refractivity contribution in [1.82, 2.24) is 0 Å². The highest BCUT2D eigenvalue weighted by Gasteiger charge is 2.32. The largest absolute Gasteiger partial charge is 0.478 e. The van der Waals surface area contributed by atoms with Crippen molar-refractivity contribution in [2.75, 3.05) is 18.0 Å². The number of carbonyl (C=O) groups is 1. The number of hydrogen-bond donors (Lipinski definition) is 1. The zero-order valence-electron chi connectivity index (χ0n) is 10.9. The van der Waals surface area contributed by atoms with Crippen LogP contribution in [0.4, 0.5) is 27.6 Å². The number of nitrogens with zero attached hydrogens (tertiary/aromatic N) is 1. The zero-order chi connectivity index (χ0) is 16.2. The molecule has 0 aliphatic rings. The van der Waals surface area contributed by atoms with E-state index in [0.29, 0.717) is 11.0 Å². The molecule has 1 aromatic carbocycles. The minimum atomic E-state index is -4.60. The summed E-state index contributed by atoms with van der Waals surface area (Å²) >= 11 is 0. The lowest BCUT2D eigenvalue weighted by atomic mass is 10.1. The Hall–Kier alpha value is -2.12. The van der Waals surface area contributed by atoms with Crippen molar-refractivity contribution in [1.29, 1.82) is 0 Å². The first kappa shape index (κ1) is 16.9. The van der Waals surface area contributed by atoms with Crippen LogP contribution in [0, 0.1) is 11.6 Å². The maximum atomic E-state index is 13.8. The highest BCUT2D eigenvalue weighted by molar-refractivity contribution is 5.85. The van der Waals surface area contributed by atoms with Gasteiger partial charge < -0.3 is 10.0 Å². The van der Waals surface area contributed by atoms with Crippen LogP contribution in [-0.4, -0.2) is 30.3 Å². The summed E-state index contributed by atoms with van der Waals surface area (Å²) in [5, 5.41) is 8.41. The Labute approximate surface area is 117 Å². The molecule has 1 aromatic rings. The summed E-state index contributed by atoms with van der Waals surface area (Å²) in [5.74, 6) is -3.69. The smallest absolute Gasteiger partial charge is 0.405 e. The predicted octanol–water partition coefficient (Wildman–Crippen LogP) is 3.45. The summed E-state index contributed by atoms with van der Waals surface area (Å²) in [6.07, 6.45) is -2.99. The van der Waals surface area contributed by atoms with Gasteiger partial charge in [0.1, 0.15) is 23.9 Å². The number of carboxylic acids is 1. The van der Waals surface area contributed by atoms with E-state index in [1.54, 1.807) is 0 Å². The molecule has 0 saturated carbocycles. The van der Waals surface area contributed by atoms with Gasteiger partial charge in [-0.2, -0.15) is 13.2 Å². The summed E-state index contributed by atoms with van der Waals surface area (Å²) in [7, 11) is 0. The number of rotatable bonds is 5. The first-order chi connectivity index (χ1) is 9.64. The van der Waals surface area contributed by atoms with E-state index in [4.69, 9.17) is 5.11 Å². The fraction of sp³-hybridized carbons (Fsp3) is 0.308. The molecule has 0 aromatic heterocycles. The van der Waals surface area contributed by atoms with Gasteiger partial charge in [-0.25, -0.2) is 13.6 Å². The van der Waals surface area contributed by atoms with Crippen molar-refractivity contribution < 1.29 is 31.9 Å². The monoisotopic (exact) mass is 309 g/mol. The van der Waals surface area contributed by atoms with Crippen LogP contribution in [0.5, 0.6) is 0 Å². The number of alkyl halides is 3. The molecule has 0 unspecified atom stereocenters. The second-order valence-electron chi connectivity index (χ2n) is 4.13. The molecular weight excluding hydrogens is 297 g/mol. The maximum Gasteiger partial charge on any atom is 0.405 e. The van der Waals surface area contributed by atoms with E-state index in [1.807, 2.05) is 0 Å². The number of hydrogen-bond acceptors (Lipinski definition) is 2. The summed E-state index contributed by atoms with van der Waals surface area (Å²) in [4.78, 5) is 10.8. The fourth-order valence-electron chi connectivity index (χ4n) is 1.72. The molecule has 3 nitrogen and oxygen atoms in total. The van der Waals surface area contributed by atoms with E-state index in [-0.39, 0.29) is 12.1 Å². The third-order valence-corrected chi connectivity index (χ3v) is 2.53. The molecule has 0 fully saturated rings. The van der Waals surface area contributed by atoms with Crippen molar-refractivity contribution >= 4 is 17.7 Å². The van der Waals surface area contributed by atoms with Crippen molar-refractivity contribution in [3.05, 3.63) is 35.4 Å². The number of carboxylic acid groups (broad SMARTS) is 1. The van der Waals surface area contributed by atoms with Gasteiger partial charge >= 0.3 is 12.1 Å². The molecule has 0 aliphatic heterocycles. The number of benzene rings is 1. The molecule has 0 amide bonds. The van der Waals surface area contributed by atoms with Gasteiger partial charge in [0.25, 0.3) is 0 Å². The SMILES string of the molecule is CCN(CC(F)(F)F)c1c(F)cc(C=CC(=O)O)cc1F. The highest BCUT2D eigenvalue weighted by atomic mass is 19.4. The molecular formula is C13H12F5NO2. The van der Waals surface area contributed by atoms with Gasteiger partial charge in [0, 0.05) is 12.6 Å². The third-order valence-electron chi connectivity index (χ3n) is 2.53. The van der Waals surface area contributed by atoms with Crippen LogP contribution in [-0.2, 0) is 4.79 Å². The van der Waals surface area contributed by atoms with Gasteiger partial charge in [-0.3, -0.25) is 0 Å². The van der Waals surface area contributed by atoms with Gasteiger partial charge in [0.15, 0.2) is 0 Å². The van der Waals surface area contributed by atoms with E-state index >= 15 is 0 Å². The van der Waals surface area contributed by atoms with Crippen LogP contribution in [0.3, 0.4) is 0 Å². The Morgan fingerprint density at radius 1 is 1.29 bits per heavy atom. The predicted molar refractivity (Wildman–Crippen MR) is 67.0 cm³/mol.